The van der Waals surface area contributed by atoms with Crippen molar-refractivity contribution < 1.29 is 9.53 Å². The van der Waals surface area contributed by atoms with E-state index in [4.69, 9.17) is 9.72 Å². The maximum Gasteiger partial charge on any atom is 0.226 e. The topological polar surface area (TPSA) is 56.1 Å². The summed E-state index contributed by atoms with van der Waals surface area (Å²) >= 11 is 0. The zero-order valence-electron chi connectivity index (χ0n) is 16.8. The zero-order valence-corrected chi connectivity index (χ0v) is 16.8. The van der Waals surface area contributed by atoms with Crippen LogP contribution in [0.25, 0.3) is 11.0 Å². The summed E-state index contributed by atoms with van der Waals surface area (Å²) in [6.45, 7) is 2.11. The van der Waals surface area contributed by atoms with Crippen LogP contribution in [0, 0.1) is 23.2 Å². The van der Waals surface area contributed by atoms with Crippen molar-refractivity contribution in [2.45, 2.75) is 51.5 Å². The highest BCUT2D eigenvalue weighted by Crippen LogP contribution is 2.60. The third-order valence-corrected chi connectivity index (χ3v) is 7.41. The van der Waals surface area contributed by atoms with Gasteiger partial charge in [0.05, 0.1) is 17.6 Å². The number of nitrogens with one attached hydrogen (secondary N) is 1. The van der Waals surface area contributed by atoms with Gasteiger partial charge in [-0.25, -0.2) is 4.98 Å². The van der Waals surface area contributed by atoms with Crippen molar-refractivity contribution in [2.24, 2.45) is 23.2 Å². The Hall–Kier alpha value is -1.88. The van der Waals surface area contributed by atoms with E-state index in [1.165, 1.54) is 19.3 Å². The molecule has 5 heteroatoms. The van der Waals surface area contributed by atoms with Crippen LogP contribution >= 0.6 is 0 Å². The highest BCUT2D eigenvalue weighted by Gasteiger charge is 2.54. The Morgan fingerprint density at radius 1 is 1.18 bits per heavy atom. The quantitative estimate of drug-likeness (QED) is 0.798. The van der Waals surface area contributed by atoms with Crippen LogP contribution in [0.5, 0.6) is 0 Å². The molecule has 150 valence electrons. The molecule has 4 aliphatic rings. The molecule has 5 nitrogen and oxygen atoms in total. The monoisotopic (exact) mass is 381 g/mol. The molecule has 1 amide bonds. The highest BCUT2D eigenvalue weighted by molar-refractivity contribution is 5.83. The lowest BCUT2D eigenvalue weighted by Gasteiger charge is -2.55. The Balaban J connectivity index is 1.26. The number of fused-ring (bicyclic) bond motifs is 1. The Morgan fingerprint density at radius 3 is 2.54 bits per heavy atom. The summed E-state index contributed by atoms with van der Waals surface area (Å²) in [5, 5.41) is 3.29. The van der Waals surface area contributed by atoms with Gasteiger partial charge in [-0.2, -0.15) is 0 Å². The first-order valence-corrected chi connectivity index (χ1v) is 10.9. The number of nitrogens with zero attached hydrogens (tertiary/aromatic N) is 2. The number of hydrogen-bond acceptors (Lipinski definition) is 3. The van der Waals surface area contributed by atoms with Crippen LogP contribution in [-0.4, -0.2) is 35.7 Å². The summed E-state index contributed by atoms with van der Waals surface area (Å²) in [7, 11) is 1.73. The van der Waals surface area contributed by atoms with E-state index >= 15 is 0 Å². The summed E-state index contributed by atoms with van der Waals surface area (Å²) in [6, 6.07) is 8.23. The minimum absolute atomic E-state index is 0.0645. The van der Waals surface area contributed by atoms with Gasteiger partial charge < -0.3 is 14.6 Å². The third-order valence-electron chi connectivity index (χ3n) is 7.41. The van der Waals surface area contributed by atoms with Crippen molar-refractivity contribution >= 4 is 16.9 Å². The van der Waals surface area contributed by atoms with Gasteiger partial charge >= 0.3 is 0 Å². The normalized spacial score (nSPS) is 30.8. The lowest BCUT2D eigenvalue weighted by Crippen LogP contribution is -2.53. The predicted octanol–water partition coefficient (Wildman–Crippen LogP) is 3.56. The van der Waals surface area contributed by atoms with E-state index in [2.05, 4.69) is 22.0 Å². The Bertz CT molecular complexity index is 837. The van der Waals surface area contributed by atoms with Gasteiger partial charge in [-0.3, -0.25) is 4.79 Å². The van der Waals surface area contributed by atoms with Crippen LogP contribution in [0.1, 0.15) is 44.3 Å². The van der Waals surface area contributed by atoms with E-state index in [-0.39, 0.29) is 5.41 Å². The van der Waals surface area contributed by atoms with Gasteiger partial charge in [-0.1, -0.05) is 12.1 Å². The fraction of sp³-hybridized carbons (Fsp3) is 0.652. The molecule has 0 radical (unpaired) electrons. The van der Waals surface area contributed by atoms with Crippen LogP contribution in [0.15, 0.2) is 24.3 Å². The number of imidazole rings is 1. The summed E-state index contributed by atoms with van der Waals surface area (Å²) in [5.41, 5.74) is 2.09. The molecule has 0 saturated heterocycles. The van der Waals surface area contributed by atoms with Crippen molar-refractivity contribution in [3.05, 3.63) is 30.1 Å². The van der Waals surface area contributed by atoms with E-state index in [1.807, 2.05) is 12.1 Å². The van der Waals surface area contributed by atoms with Crippen LogP contribution in [-0.2, 0) is 22.5 Å². The van der Waals surface area contributed by atoms with Crippen molar-refractivity contribution in [2.75, 3.05) is 20.3 Å². The van der Waals surface area contributed by atoms with Gasteiger partial charge in [0.1, 0.15) is 5.82 Å². The number of methoxy groups -OCH3 is 1. The average molecular weight is 382 g/mol. The minimum atomic E-state index is -0.0645. The van der Waals surface area contributed by atoms with Crippen molar-refractivity contribution in [3.8, 4) is 0 Å². The van der Waals surface area contributed by atoms with E-state index in [9.17, 15) is 4.79 Å². The number of amides is 1. The lowest BCUT2D eigenvalue weighted by atomic mass is 9.49. The molecule has 28 heavy (non-hydrogen) atoms. The molecule has 0 unspecified atom stereocenters. The average Bonchev–Trinajstić information content (AvgIpc) is 3.02. The molecule has 4 saturated carbocycles. The van der Waals surface area contributed by atoms with Crippen molar-refractivity contribution in [1.82, 2.24) is 14.9 Å². The van der Waals surface area contributed by atoms with Gasteiger partial charge in [0.2, 0.25) is 5.91 Å². The number of hydrogen-bond donors (Lipinski definition) is 1. The van der Waals surface area contributed by atoms with Gasteiger partial charge in [-0.15, -0.1) is 0 Å². The molecular formula is C23H31N3O2. The number of aromatic nitrogens is 2. The van der Waals surface area contributed by atoms with E-state index in [0.29, 0.717) is 19.1 Å². The highest BCUT2D eigenvalue weighted by atomic mass is 16.5. The first-order valence-electron chi connectivity index (χ1n) is 10.9. The Labute approximate surface area is 166 Å². The second-order valence-corrected chi connectivity index (χ2v) is 9.36. The smallest absolute Gasteiger partial charge is 0.226 e. The van der Waals surface area contributed by atoms with Gasteiger partial charge in [-0.05, 0) is 68.4 Å². The molecule has 0 spiro atoms. The van der Waals surface area contributed by atoms with Crippen molar-refractivity contribution in [1.29, 1.82) is 0 Å². The van der Waals surface area contributed by atoms with Crippen molar-refractivity contribution in [3.63, 3.8) is 0 Å². The molecule has 6 rings (SSSR count). The maximum absolute atomic E-state index is 13.2. The van der Waals surface area contributed by atoms with E-state index < -0.39 is 0 Å². The molecule has 4 fully saturated rings. The molecule has 0 aliphatic heterocycles. The number of carbonyl (C=O) groups excluding carboxylic acids is 1. The summed E-state index contributed by atoms with van der Waals surface area (Å²) in [4.78, 5) is 18.0. The first-order chi connectivity index (χ1) is 13.7. The number of para-hydroxylation sites is 2. The molecule has 1 heterocycles. The lowest BCUT2D eigenvalue weighted by molar-refractivity contribution is -0.146. The van der Waals surface area contributed by atoms with Crippen LogP contribution in [0.2, 0.25) is 0 Å². The van der Waals surface area contributed by atoms with Gasteiger partial charge in [0.15, 0.2) is 0 Å². The largest absolute Gasteiger partial charge is 0.383 e. The molecular weight excluding hydrogens is 350 g/mol. The van der Waals surface area contributed by atoms with Crippen LogP contribution < -0.4 is 5.32 Å². The zero-order chi connectivity index (χ0) is 19.1. The Morgan fingerprint density at radius 2 is 1.86 bits per heavy atom. The molecule has 2 aromatic rings. The molecule has 1 aromatic heterocycles. The number of rotatable bonds is 7. The fourth-order valence-corrected chi connectivity index (χ4v) is 6.61. The number of ether oxygens (including phenoxy) is 1. The molecule has 4 aliphatic carbocycles. The maximum atomic E-state index is 13.2. The first kappa shape index (κ1) is 18.2. The Kier molecular flexibility index (Phi) is 4.66. The molecule has 1 N–H and O–H groups in total. The van der Waals surface area contributed by atoms with Gasteiger partial charge in [0.25, 0.3) is 0 Å². The second-order valence-electron chi connectivity index (χ2n) is 9.36. The summed E-state index contributed by atoms with van der Waals surface area (Å²) in [5.74, 6) is 3.75. The predicted molar refractivity (Wildman–Crippen MR) is 109 cm³/mol. The van der Waals surface area contributed by atoms with E-state index in [0.717, 1.165) is 66.8 Å². The van der Waals surface area contributed by atoms with E-state index in [1.54, 1.807) is 7.11 Å². The fourth-order valence-electron chi connectivity index (χ4n) is 6.61. The molecule has 1 aromatic carbocycles. The second kappa shape index (κ2) is 7.18. The standard InChI is InChI=1S/C23H31N3O2/c1-28-9-8-26-20-5-3-2-4-19(20)25-21(26)6-7-24-22(27)23-13-16-10-17(14-23)12-18(11-16)15-23/h2-5,16-18H,6-15H2,1H3,(H,24,27). The molecule has 0 atom stereocenters. The number of benzene rings is 1. The SMILES string of the molecule is COCCn1c(CCNC(=O)C23CC4CC(CC(C4)C2)C3)nc2ccccc21. The van der Waals surface area contributed by atoms with Crippen LogP contribution in [0.3, 0.4) is 0 Å². The third kappa shape index (κ3) is 3.14. The minimum Gasteiger partial charge on any atom is -0.383 e. The number of carbonyl (C=O) groups is 1. The summed E-state index contributed by atoms with van der Waals surface area (Å²) in [6.07, 6.45) is 8.24. The van der Waals surface area contributed by atoms with Gasteiger partial charge in [0, 0.05) is 32.0 Å². The van der Waals surface area contributed by atoms with Crippen LogP contribution in [0.4, 0.5) is 0 Å². The molecule has 4 bridgehead atoms. The summed E-state index contributed by atoms with van der Waals surface area (Å²) < 4.78 is 7.51.